The van der Waals surface area contributed by atoms with Gasteiger partial charge in [0.05, 0.1) is 6.54 Å². The lowest BCUT2D eigenvalue weighted by molar-refractivity contribution is 0.460. The number of rotatable bonds is 5. The molecule has 1 heterocycles. The SMILES string of the molecule is Cc1ccc(NC(N)=NCc2ccnc(Oc3ccc(F)cc3)c2)cc1. The molecule has 2 aromatic carbocycles. The first-order valence-electron chi connectivity index (χ1n) is 8.10. The molecule has 0 saturated carbocycles. The lowest BCUT2D eigenvalue weighted by Crippen LogP contribution is -2.22. The highest BCUT2D eigenvalue weighted by atomic mass is 19.1. The predicted molar refractivity (Wildman–Crippen MR) is 101 cm³/mol. The number of anilines is 1. The third kappa shape index (κ3) is 5.04. The summed E-state index contributed by atoms with van der Waals surface area (Å²) in [5, 5.41) is 3.04. The second kappa shape index (κ2) is 8.11. The molecule has 0 radical (unpaired) electrons. The molecule has 3 aromatic rings. The van der Waals surface area contributed by atoms with Gasteiger partial charge in [0.2, 0.25) is 5.88 Å². The van der Waals surface area contributed by atoms with Gasteiger partial charge in [-0.3, -0.25) is 0 Å². The van der Waals surface area contributed by atoms with E-state index in [9.17, 15) is 4.39 Å². The molecule has 0 saturated heterocycles. The molecule has 0 spiro atoms. The Hall–Kier alpha value is -3.41. The minimum atomic E-state index is -0.315. The largest absolute Gasteiger partial charge is 0.439 e. The third-order valence-electron chi connectivity index (χ3n) is 3.59. The Morgan fingerprint density at radius 3 is 2.58 bits per heavy atom. The van der Waals surface area contributed by atoms with Crippen LogP contribution in [0.5, 0.6) is 11.6 Å². The van der Waals surface area contributed by atoms with E-state index in [0.29, 0.717) is 24.1 Å². The first-order chi connectivity index (χ1) is 12.6. The van der Waals surface area contributed by atoms with E-state index in [-0.39, 0.29) is 5.82 Å². The van der Waals surface area contributed by atoms with Gasteiger partial charge in [0.1, 0.15) is 11.6 Å². The third-order valence-corrected chi connectivity index (χ3v) is 3.59. The highest BCUT2D eigenvalue weighted by Crippen LogP contribution is 2.20. The van der Waals surface area contributed by atoms with Crippen molar-refractivity contribution in [3.8, 4) is 11.6 Å². The summed E-state index contributed by atoms with van der Waals surface area (Å²) in [5.74, 6) is 0.936. The number of hydrogen-bond donors (Lipinski definition) is 2. The summed E-state index contributed by atoms with van der Waals surface area (Å²) < 4.78 is 18.6. The maximum Gasteiger partial charge on any atom is 0.219 e. The van der Waals surface area contributed by atoms with Gasteiger partial charge in [-0.15, -0.1) is 0 Å². The van der Waals surface area contributed by atoms with Gasteiger partial charge in [-0.05, 0) is 55.0 Å². The van der Waals surface area contributed by atoms with Gasteiger partial charge in [-0.25, -0.2) is 14.4 Å². The molecule has 0 bridgehead atoms. The van der Waals surface area contributed by atoms with Gasteiger partial charge in [0.15, 0.2) is 5.96 Å². The van der Waals surface area contributed by atoms with Gasteiger partial charge >= 0.3 is 0 Å². The Bertz CT molecular complexity index is 892. The van der Waals surface area contributed by atoms with E-state index in [0.717, 1.165) is 11.3 Å². The summed E-state index contributed by atoms with van der Waals surface area (Å²) in [7, 11) is 0. The van der Waals surface area contributed by atoms with E-state index in [4.69, 9.17) is 10.5 Å². The van der Waals surface area contributed by atoms with Gasteiger partial charge < -0.3 is 15.8 Å². The van der Waals surface area contributed by atoms with Crippen LogP contribution in [0.4, 0.5) is 10.1 Å². The topological polar surface area (TPSA) is 72.5 Å². The van der Waals surface area contributed by atoms with E-state index >= 15 is 0 Å². The monoisotopic (exact) mass is 350 g/mol. The van der Waals surface area contributed by atoms with E-state index < -0.39 is 0 Å². The van der Waals surface area contributed by atoms with Crippen LogP contribution in [-0.2, 0) is 6.54 Å². The van der Waals surface area contributed by atoms with E-state index in [1.165, 1.54) is 17.7 Å². The van der Waals surface area contributed by atoms with Crippen molar-refractivity contribution in [2.45, 2.75) is 13.5 Å². The molecule has 0 atom stereocenters. The number of nitrogens with zero attached hydrogens (tertiary/aromatic N) is 2. The Labute approximate surface area is 151 Å². The summed E-state index contributed by atoms with van der Waals surface area (Å²) >= 11 is 0. The van der Waals surface area contributed by atoms with Crippen LogP contribution in [0.25, 0.3) is 0 Å². The standard InChI is InChI=1S/C20H19FN4O/c1-14-2-6-17(7-3-14)25-20(22)24-13-15-10-11-23-19(12-15)26-18-8-4-16(21)5-9-18/h2-12H,13H2,1H3,(H3,22,24,25). The summed E-state index contributed by atoms with van der Waals surface area (Å²) in [5.41, 5.74) is 8.88. The first-order valence-corrected chi connectivity index (χ1v) is 8.10. The van der Waals surface area contributed by atoms with Crippen molar-refractivity contribution in [1.82, 2.24) is 4.98 Å². The van der Waals surface area contributed by atoms with E-state index in [1.54, 1.807) is 24.4 Å². The number of benzene rings is 2. The number of aliphatic imine (C=N–C) groups is 1. The van der Waals surface area contributed by atoms with Gasteiger partial charge in [-0.2, -0.15) is 0 Å². The number of guanidine groups is 1. The lowest BCUT2D eigenvalue weighted by atomic mass is 10.2. The Balaban J connectivity index is 1.62. The molecule has 5 nitrogen and oxygen atoms in total. The van der Waals surface area contributed by atoms with Crippen molar-refractivity contribution in [3.05, 3.63) is 83.8 Å². The molecule has 132 valence electrons. The predicted octanol–water partition coefficient (Wildman–Crippen LogP) is 4.25. The smallest absolute Gasteiger partial charge is 0.219 e. The number of ether oxygens (including phenoxy) is 1. The average molecular weight is 350 g/mol. The normalized spacial score (nSPS) is 11.2. The van der Waals surface area contributed by atoms with Crippen LogP contribution in [0, 0.1) is 12.7 Å². The molecule has 3 N–H and O–H groups in total. The van der Waals surface area contributed by atoms with Crippen LogP contribution in [0.2, 0.25) is 0 Å². The maximum absolute atomic E-state index is 12.9. The molecular formula is C20H19FN4O. The maximum atomic E-state index is 12.9. The second-order valence-corrected chi connectivity index (χ2v) is 5.75. The summed E-state index contributed by atoms with van der Waals surface area (Å²) in [4.78, 5) is 8.47. The number of aryl methyl sites for hydroxylation is 1. The Morgan fingerprint density at radius 1 is 1.12 bits per heavy atom. The highest BCUT2D eigenvalue weighted by Gasteiger charge is 2.02. The molecule has 3 rings (SSSR count). The highest BCUT2D eigenvalue weighted by molar-refractivity contribution is 5.92. The molecule has 0 aliphatic carbocycles. The number of nitrogens with two attached hydrogens (primary N) is 1. The van der Waals surface area contributed by atoms with E-state index in [1.807, 2.05) is 37.3 Å². The van der Waals surface area contributed by atoms with Crippen molar-refractivity contribution >= 4 is 11.6 Å². The van der Waals surface area contributed by atoms with Crippen LogP contribution >= 0.6 is 0 Å². The Kier molecular flexibility index (Phi) is 5.43. The molecule has 0 aliphatic heterocycles. The van der Waals surface area contributed by atoms with Crippen molar-refractivity contribution in [2.75, 3.05) is 5.32 Å². The summed E-state index contributed by atoms with van der Waals surface area (Å²) in [6.07, 6.45) is 1.63. The van der Waals surface area contributed by atoms with E-state index in [2.05, 4.69) is 15.3 Å². The minimum absolute atomic E-state index is 0.315. The van der Waals surface area contributed by atoms with Crippen LogP contribution in [0.1, 0.15) is 11.1 Å². The zero-order valence-electron chi connectivity index (χ0n) is 14.3. The first kappa shape index (κ1) is 17.4. The number of pyridine rings is 1. The van der Waals surface area contributed by atoms with Gasteiger partial charge in [0, 0.05) is 18.0 Å². The van der Waals surface area contributed by atoms with Crippen molar-refractivity contribution in [1.29, 1.82) is 0 Å². The molecule has 0 amide bonds. The fourth-order valence-electron chi connectivity index (χ4n) is 2.23. The second-order valence-electron chi connectivity index (χ2n) is 5.75. The zero-order valence-corrected chi connectivity index (χ0v) is 14.3. The molecule has 0 fully saturated rings. The molecular weight excluding hydrogens is 331 g/mol. The van der Waals surface area contributed by atoms with Crippen LogP contribution in [0.15, 0.2) is 71.9 Å². The summed E-state index contributed by atoms with van der Waals surface area (Å²) in [6, 6.07) is 17.2. The van der Waals surface area contributed by atoms with Crippen molar-refractivity contribution < 1.29 is 9.13 Å². The average Bonchev–Trinajstić information content (AvgIpc) is 2.64. The van der Waals surface area contributed by atoms with Crippen molar-refractivity contribution in [2.24, 2.45) is 10.7 Å². The zero-order chi connectivity index (χ0) is 18.4. The fraction of sp³-hybridized carbons (Fsp3) is 0.100. The quantitative estimate of drug-likeness (QED) is 0.533. The lowest BCUT2D eigenvalue weighted by Gasteiger charge is -2.07. The minimum Gasteiger partial charge on any atom is -0.439 e. The molecule has 26 heavy (non-hydrogen) atoms. The van der Waals surface area contributed by atoms with Crippen LogP contribution < -0.4 is 15.8 Å². The van der Waals surface area contributed by atoms with Gasteiger partial charge in [0.25, 0.3) is 0 Å². The van der Waals surface area contributed by atoms with Crippen molar-refractivity contribution in [3.63, 3.8) is 0 Å². The van der Waals surface area contributed by atoms with Gasteiger partial charge in [-0.1, -0.05) is 17.7 Å². The molecule has 1 aromatic heterocycles. The molecule has 0 aliphatic rings. The van der Waals surface area contributed by atoms with Crippen LogP contribution in [0.3, 0.4) is 0 Å². The number of halogens is 1. The van der Waals surface area contributed by atoms with Crippen LogP contribution in [-0.4, -0.2) is 10.9 Å². The fourth-order valence-corrected chi connectivity index (χ4v) is 2.23. The summed E-state index contributed by atoms with van der Waals surface area (Å²) in [6.45, 7) is 2.41. The number of aromatic nitrogens is 1. The Morgan fingerprint density at radius 2 is 1.85 bits per heavy atom. The number of nitrogens with one attached hydrogen (secondary N) is 1. The number of hydrogen-bond acceptors (Lipinski definition) is 3. The molecule has 0 unspecified atom stereocenters. The molecule has 6 heteroatoms.